The van der Waals surface area contributed by atoms with Gasteiger partial charge >= 0.3 is 0 Å². The minimum absolute atomic E-state index is 0.211. The Morgan fingerprint density at radius 2 is 2.50 bits per heavy atom. The molecule has 0 aromatic carbocycles. The maximum absolute atomic E-state index is 11.1. The molecule has 1 N–H and O–H groups in total. The summed E-state index contributed by atoms with van der Waals surface area (Å²) in [5.74, 6) is 0.211. The number of nitrogens with zero attached hydrogens (tertiary/aromatic N) is 1. The molecule has 1 rings (SSSR count). The van der Waals surface area contributed by atoms with E-state index in [0.29, 0.717) is 12.5 Å². The SMILES string of the molecule is CC1CC(=O)N(P)CCN1. The molecule has 1 aliphatic heterocycles. The summed E-state index contributed by atoms with van der Waals surface area (Å²) in [6, 6.07) is 0.332. The maximum atomic E-state index is 11.1. The molecular formula is C6H13N2OP. The van der Waals surface area contributed by atoms with E-state index in [9.17, 15) is 4.79 Å². The molecule has 0 aromatic heterocycles. The molecule has 2 atom stereocenters. The molecule has 1 heterocycles. The lowest BCUT2D eigenvalue weighted by Crippen LogP contribution is -2.26. The third kappa shape index (κ3) is 1.93. The zero-order chi connectivity index (χ0) is 7.56. The number of hydrogen-bond acceptors (Lipinski definition) is 2. The van der Waals surface area contributed by atoms with E-state index in [-0.39, 0.29) is 5.91 Å². The van der Waals surface area contributed by atoms with E-state index in [1.807, 2.05) is 6.92 Å². The molecule has 0 radical (unpaired) electrons. The van der Waals surface area contributed by atoms with Crippen LogP contribution in [0.25, 0.3) is 0 Å². The second kappa shape index (κ2) is 3.31. The Morgan fingerprint density at radius 3 is 3.20 bits per heavy atom. The lowest BCUT2D eigenvalue weighted by atomic mass is 10.2. The third-order valence-electron chi connectivity index (χ3n) is 1.65. The van der Waals surface area contributed by atoms with Gasteiger partial charge in [0.05, 0.1) is 0 Å². The van der Waals surface area contributed by atoms with Gasteiger partial charge in [-0.25, -0.2) is 0 Å². The summed E-state index contributed by atoms with van der Waals surface area (Å²) in [6.45, 7) is 3.73. The first kappa shape index (κ1) is 7.96. The highest BCUT2D eigenvalue weighted by Crippen LogP contribution is 2.06. The van der Waals surface area contributed by atoms with Crippen molar-refractivity contribution in [3.05, 3.63) is 0 Å². The normalized spacial score (nSPS) is 28.4. The van der Waals surface area contributed by atoms with Crippen molar-refractivity contribution in [3.63, 3.8) is 0 Å². The summed E-state index contributed by atoms with van der Waals surface area (Å²) in [5.41, 5.74) is 0. The molecule has 3 nitrogen and oxygen atoms in total. The number of carbonyl (C=O) groups excluding carboxylic acids is 1. The van der Waals surface area contributed by atoms with E-state index in [4.69, 9.17) is 0 Å². The van der Waals surface area contributed by atoms with E-state index >= 15 is 0 Å². The Morgan fingerprint density at radius 1 is 1.80 bits per heavy atom. The summed E-state index contributed by atoms with van der Waals surface area (Å²) in [7, 11) is 2.44. The monoisotopic (exact) mass is 160 g/mol. The van der Waals surface area contributed by atoms with Crippen molar-refractivity contribution in [1.29, 1.82) is 0 Å². The van der Waals surface area contributed by atoms with Crippen LogP contribution in [-0.4, -0.2) is 29.7 Å². The molecule has 1 saturated heterocycles. The first-order valence-corrected chi connectivity index (χ1v) is 4.00. The van der Waals surface area contributed by atoms with Gasteiger partial charge in [0, 0.05) is 25.6 Å². The second-order valence-corrected chi connectivity index (χ2v) is 3.27. The summed E-state index contributed by atoms with van der Waals surface area (Å²) in [4.78, 5) is 11.1. The minimum Gasteiger partial charge on any atom is -0.326 e. The van der Waals surface area contributed by atoms with Gasteiger partial charge in [-0.15, -0.1) is 0 Å². The summed E-state index contributed by atoms with van der Waals surface area (Å²) in [6.07, 6.45) is 0.615. The van der Waals surface area contributed by atoms with Crippen molar-refractivity contribution >= 4 is 15.3 Å². The first-order valence-electron chi connectivity index (χ1n) is 3.48. The molecule has 0 spiro atoms. The van der Waals surface area contributed by atoms with Crippen LogP contribution in [0.2, 0.25) is 0 Å². The Kier molecular flexibility index (Phi) is 2.64. The van der Waals surface area contributed by atoms with Crippen molar-refractivity contribution in [2.75, 3.05) is 13.1 Å². The van der Waals surface area contributed by atoms with Crippen LogP contribution in [0, 0.1) is 0 Å². The van der Waals surface area contributed by atoms with Gasteiger partial charge in [-0.05, 0) is 16.3 Å². The van der Waals surface area contributed by atoms with Crippen LogP contribution in [0.3, 0.4) is 0 Å². The van der Waals surface area contributed by atoms with Crippen LogP contribution in [0.1, 0.15) is 13.3 Å². The average Bonchev–Trinajstić information content (AvgIpc) is 1.96. The largest absolute Gasteiger partial charge is 0.326 e. The van der Waals surface area contributed by atoms with Crippen LogP contribution in [0.15, 0.2) is 0 Å². The van der Waals surface area contributed by atoms with Gasteiger partial charge in [0.25, 0.3) is 0 Å². The number of amides is 1. The Labute approximate surface area is 63.4 Å². The van der Waals surface area contributed by atoms with E-state index in [1.54, 1.807) is 4.67 Å². The highest BCUT2D eigenvalue weighted by atomic mass is 31.0. The molecule has 10 heavy (non-hydrogen) atoms. The fourth-order valence-corrected chi connectivity index (χ4v) is 1.24. The Hall–Kier alpha value is -0.140. The van der Waals surface area contributed by atoms with Crippen molar-refractivity contribution in [2.24, 2.45) is 0 Å². The quantitative estimate of drug-likeness (QED) is 0.505. The zero-order valence-corrected chi connectivity index (χ0v) is 7.29. The average molecular weight is 160 g/mol. The summed E-state index contributed by atoms with van der Waals surface area (Å²) >= 11 is 0. The molecule has 2 unspecified atom stereocenters. The lowest BCUT2D eigenvalue weighted by molar-refractivity contribution is -0.125. The number of carbonyl (C=O) groups is 1. The van der Waals surface area contributed by atoms with Gasteiger partial charge in [0.1, 0.15) is 0 Å². The third-order valence-corrected chi connectivity index (χ3v) is 2.19. The smallest absolute Gasteiger partial charge is 0.226 e. The first-order chi connectivity index (χ1) is 4.70. The molecule has 0 bridgehead atoms. The van der Waals surface area contributed by atoms with Crippen LogP contribution < -0.4 is 5.32 Å². The highest BCUT2D eigenvalue weighted by molar-refractivity contribution is 7.14. The number of hydrogen-bond donors (Lipinski definition) is 1. The fourth-order valence-electron chi connectivity index (χ4n) is 1.01. The van der Waals surface area contributed by atoms with Gasteiger partial charge in [-0.2, -0.15) is 0 Å². The van der Waals surface area contributed by atoms with Crippen molar-refractivity contribution in [1.82, 2.24) is 9.99 Å². The van der Waals surface area contributed by atoms with E-state index in [2.05, 4.69) is 14.7 Å². The predicted octanol–water partition coefficient (Wildman–Crippen LogP) is -0.0131. The van der Waals surface area contributed by atoms with Crippen molar-refractivity contribution < 1.29 is 4.79 Å². The van der Waals surface area contributed by atoms with Gasteiger partial charge in [-0.3, -0.25) is 4.79 Å². The summed E-state index contributed by atoms with van der Waals surface area (Å²) < 4.78 is 1.69. The van der Waals surface area contributed by atoms with E-state index < -0.39 is 0 Å². The second-order valence-electron chi connectivity index (χ2n) is 2.65. The summed E-state index contributed by atoms with van der Waals surface area (Å²) in [5, 5.41) is 3.23. The van der Waals surface area contributed by atoms with E-state index in [0.717, 1.165) is 13.1 Å². The molecule has 0 saturated carbocycles. The van der Waals surface area contributed by atoms with Crippen LogP contribution in [-0.2, 0) is 4.79 Å². The number of rotatable bonds is 0. The van der Waals surface area contributed by atoms with Gasteiger partial charge in [-0.1, -0.05) is 0 Å². The van der Waals surface area contributed by atoms with Crippen molar-refractivity contribution in [3.8, 4) is 0 Å². The minimum atomic E-state index is 0.211. The fraction of sp³-hybridized carbons (Fsp3) is 0.833. The van der Waals surface area contributed by atoms with Gasteiger partial charge in [0.15, 0.2) is 0 Å². The van der Waals surface area contributed by atoms with E-state index in [1.165, 1.54) is 0 Å². The van der Waals surface area contributed by atoms with Crippen molar-refractivity contribution in [2.45, 2.75) is 19.4 Å². The molecular weight excluding hydrogens is 147 g/mol. The van der Waals surface area contributed by atoms with Crippen LogP contribution >= 0.6 is 9.39 Å². The predicted molar refractivity (Wildman–Crippen MR) is 43.5 cm³/mol. The molecule has 1 amide bonds. The van der Waals surface area contributed by atoms with Crippen LogP contribution in [0.4, 0.5) is 0 Å². The molecule has 4 heteroatoms. The molecule has 58 valence electrons. The Balaban J connectivity index is 2.49. The Bertz CT molecular complexity index is 140. The van der Waals surface area contributed by atoms with Gasteiger partial charge in [0.2, 0.25) is 5.91 Å². The standard InChI is InChI=1S/C6H13N2OP/c1-5-4-6(9)8(10)3-2-7-5/h5,7H,2-4,10H2,1H3. The molecule has 1 aliphatic rings. The van der Waals surface area contributed by atoms with Gasteiger partial charge < -0.3 is 9.99 Å². The maximum Gasteiger partial charge on any atom is 0.226 e. The lowest BCUT2D eigenvalue weighted by Gasteiger charge is -2.11. The molecule has 0 aliphatic carbocycles. The molecule has 1 fully saturated rings. The number of nitrogens with one attached hydrogen (secondary N) is 1. The zero-order valence-electron chi connectivity index (χ0n) is 6.13. The van der Waals surface area contributed by atoms with Crippen LogP contribution in [0.5, 0.6) is 0 Å². The molecule has 0 aromatic rings. The topological polar surface area (TPSA) is 32.3 Å². The highest BCUT2D eigenvalue weighted by Gasteiger charge is 2.16.